The van der Waals surface area contributed by atoms with Gasteiger partial charge in [-0.15, -0.1) is 0 Å². The van der Waals surface area contributed by atoms with Crippen molar-refractivity contribution in [1.82, 2.24) is 0 Å². The van der Waals surface area contributed by atoms with Gasteiger partial charge in [0.15, 0.2) is 0 Å². The second kappa shape index (κ2) is 6.43. The highest BCUT2D eigenvalue weighted by atomic mass is 79.9. The Balaban J connectivity index is 2.27. The smallest absolute Gasteiger partial charge is 0.259 e. The molecule has 0 saturated heterocycles. The molecule has 0 fully saturated rings. The molecule has 1 amide bonds. The molecule has 20 heavy (non-hydrogen) atoms. The van der Waals surface area contributed by atoms with E-state index < -0.39 is 0 Å². The topological polar surface area (TPSA) is 47.6 Å². The number of carbonyl (C=O) groups excluding carboxylic acids is 1. The summed E-state index contributed by atoms with van der Waals surface area (Å²) in [4.78, 5) is 12.3. The summed E-state index contributed by atoms with van der Waals surface area (Å²) < 4.78 is 11.1. The molecule has 5 heteroatoms. The van der Waals surface area contributed by atoms with E-state index in [1.807, 2.05) is 18.2 Å². The van der Waals surface area contributed by atoms with Gasteiger partial charge in [-0.05, 0) is 40.2 Å². The third-order valence-electron chi connectivity index (χ3n) is 2.77. The lowest BCUT2D eigenvalue weighted by atomic mass is 10.2. The van der Waals surface area contributed by atoms with E-state index >= 15 is 0 Å². The largest absolute Gasteiger partial charge is 0.497 e. The van der Waals surface area contributed by atoms with E-state index in [4.69, 9.17) is 9.47 Å². The highest BCUT2D eigenvalue weighted by Crippen LogP contribution is 2.28. The van der Waals surface area contributed by atoms with E-state index in [2.05, 4.69) is 21.2 Å². The molecule has 0 aromatic heterocycles. The minimum atomic E-state index is -0.239. The molecule has 0 aliphatic rings. The predicted octanol–water partition coefficient (Wildman–Crippen LogP) is 3.72. The number of benzene rings is 2. The fourth-order valence-electron chi connectivity index (χ4n) is 1.75. The molecule has 0 bridgehead atoms. The van der Waals surface area contributed by atoms with Crippen LogP contribution in [0.3, 0.4) is 0 Å². The Morgan fingerprint density at radius 1 is 1.10 bits per heavy atom. The number of anilines is 1. The summed E-state index contributed by atoms with van der Waals surface area (Å²) in [6.07, 6.45) is 0. The molecular formula is C15H14BrNO3. The maximum absolute atomic E-state index is 12.3. The molecule has 1 N–H and O–H groups in total. The van der Waals surface area contributed by atoms with Gasteiger partial charge in [0.05, 0.1) is 25.5 Å². The quantitative estimate of drug-likeness (QED) is 0.926. The Morgan fingerprint density at radius 3 is 2.55 bits per heavy atom. The summed E-state index contributed by atoms with van der Waals surface area (Å²) in [6.45, 7) is 0. The van der Waals surface area contributed by atoms with Crippen LogP contribution in [0.25, 0.3) is 0 Å². The summed E-state index contributed by atoms with van der Waals surface area (Å²) in [5.74, 6) is 0.962. The van der Waals surface area contributed by atoms with Crippen molar-refractivity contribution in [1.29, 1.82) is 0 Å². The number of methoxy groups -OCH3 is 2. The molecule has 0 heterocycles. The number of nitrogens with one attached hydrogen (secondary N) is 1. The summed E-state index contributed by atoms with van der Waals surface area (Å²) in [7, 11) is 3.11. The molecule has 0 aliphatic carbocycles. The standard InChI is InChI=1S/C15H14BrNO3/c1-19-10-7-8-12(16)13(9-10)17-15(18)11-5-3-4-6-14(11)20-2/h3-9H,1-2H3,(H,17,18). The summed E-state index contributed by atoms with van der Waals surface area (Å²) >= 11 is 3.39. The first-order valence-electron chi connectivity index (χ1n) is 5.93. The fraction of sp³-hybridized carbons (Fsp3) is 0.133. The summed E-state index contributed by atoms with van der Waals surface area (Å²) in [5, 5.41) is 2.83. The maximum atomic E-state index is 12.3. The SMILES string of the molecule is COc1ccc(Br)c(NC(=O)c2ccccc2OC)c1. The van der Waals surface area contributed by atoms with Crippen LogP contribution in [0.5, 0.6) is 11.5 Å². The average molecular weight is 336 g/mol. The predicted molar refractivity (Wildman–Crippen MR) is 81.6 cm³/mol. The zero-order valence-corrected chi connectivity index (χ0v) is 12.7. The zero-order chi connectivity index (χ0) is 14.5. The summed E-state index contributed by atoms with van der Waals surface area (Å²) in [5.41, 5.74) is 1.12. The number of halogens is 1. The second-order valence-corrected chi connectivity index (χ2v) is 4.85. The van der Waals surface area contributed by atoms with Gasteiger partial charge in [0, 0.05) is 10.5 Å². The van der Waals surface area contributed by atoms with Gasteiger partial charge in [0.25, 0.3) is 5.91 Å². The van der Waals surface area contributed by atoms with Crippen LogP contribution in [0.2, 0.25) is 0 Å². The number of hydrogen-bond acceptors (Lipinski definition) is 3. The molecule has 4 nitrogen and oxygen atoms in total. The third-order valence-corrected chi connectivity index (χ3v) is 3.46. The van der Waals surface area contributed by atoms with Crippen molar-refractivity contribution in [3.05, 3.63) is 52.5 Å². The van der Waals surface area contributed by atoms with Crippen LogP contribution in [0.4, 0.5) is 5.69 Å². The Labute approximate surface area is 125 Å². The van der Waals surface area contributed by atoms with Crippen molar-refractivity contribution in [2.24, 2.45) is 0 Å². The molecule has 0 saturated carbocycles. The van der Waals surface area contributed by atoms with E-state index in [0.29, 0.717) is 22.7 Å². The normalized spacial score (nSPS) is 9.95. The van der Waals surface area contributed by atoms with Crippen LogP contribution in [0.15, 0.2) is 46.9 Å². The van der Waals surface area contributed by atoms with Crippen molar-refractivity contribution in [2.45, 2.75) is 0 Å². The van der Waals surface area contributed by atoms with Gasteiger partial charge in [0.1, 0.15) is 11.5 Å². The molecule has 0 aliphatic heterocycles. The minimum Gasteiger partial charge on any atom is -0.497 e. The first kappa shape index (κ1) is 14.4. The fourth-order valence-corrected chi connectivity index (χ4v) is 2.09. The van der Waals surface area contributed by atoms with Crippen molar-refractivity contribution in [2.75, 3.05) is 19.5 Å². The molecular weight excluding hydrogens is 322 g/mol. The van der Waals surface area contributed by atoms with Gasteiger partial charge in [-0.25, -0.2) is 0 Å². The molecule has 2 aromatic carbocycles. The van der Waals surface area contributed by atoms with E-state index in [0.717, 1.165) is 4.47 Å². The van der Waals surface area contributed by atoms with E-state index in [1.54, 1.807) is 31.4 Å². The van der Waals surface area contributed by atoms with E-state index in [9.17, 15) is 4.79 Å². The molecule has 0 radical (unpaired) electrons. The number of hydrogen-bond donors (Lipinski definition) is 1. The highest BCUT2D eigenvalue weighted by molar-refractivity contribution is 9.10. The maximum Gasteiger partial charge on any atom is 0.259 e. The van der Waals surface area contributed by atoms with Crippen molar-refractivity contribution in [3.63, 3.8) is 0 Å². The Hall–Kier alpha value is -2.01. The van der Waals surface area contributed by atoms with Gasteiger partial charge in [0.2, 0.25) is 0 Å². The first-order chi connectivity index (χ1) is 9.65. The third kappa shape index (κ3) is 3.11. The molecule has 2 aromatic rings. The van der Waals surface area contributed by atoms with Crippen molar-refractivity contribution >= 4 is 27.5 Å². The Kier molecular flexibility index (Phi) is 4.63. The Bertz CT molecular complexity index is 628. The number of ether oxygens (including phenoxy) is 2. The van der Waals surface area contributed by atoms with Gasteiger partial charge in [-0.1, -0.05) is 12.1 Å². The Morgan fingerprint density at radius 2 is 1.85 bits per heavy atom. The molecule has 0 spiro atoms. The molecule has 0 atom stereocenters. The van der Waals surface area contributed by atoms with Gasteiger partial charge in [-0.3, -0.25) is 4.79 Å². The van der Waals surface area contributed by atoms with Crippen molar-refractivity contribution in [3.8, 4) is 11.5 Å². The lowest BCUT2D eigenvalue weighted by molar-refractivity contribution is 0.102. The van der Waals surface area contributed by atoms with Gasteiger partial charge >= 0.3 is 0 Å². The summed E-state index contributed by atoms with van der Waals surface area (Å²) in [6, 6.07) is 12.4. The molecule has 0 unspecified atom stereocenters. The van der Waals surface area contributed by atoms with Crippen LogP contribution in [-0.4, -0.2) is 20.1 Å². The first-order valence-corrected chi connectivity index (χ1v) is 6.73. The molecule has 104 valence electrons. The van der Waals surface area contributed by atoms with Gasteiger partial charge in [-0.2, -0.15) is 0 Å². The van der Waals surface area contributed by atoms with Crippen molar-refractivity contribution < 1.29 is 14.3 Å². The number of rotatable bonds is 4. The van der Waals surface area contributed by atoms with E-state index in [1.165, 1.54) is 7.11 Å². The van der Waals surface area contributed by atoms with Crippen LogP contribution in [0.1, 0.15) is 10.4 Å². The number of amides is 1. The van der Waals surface area contributed by atoms with Crippen LogP contribution in [-0.2, 0) is 0 Å². The monoisotopic (exact) mass is 335 g/mol. The average Bonchev–Trinajstić information content (AvgIpc) is 2.49. The van der Waals surface area contributed by atoms with Gasteiger partial charge < -0.3 is 14.8 Å². The second-order valence-electron chi connectivity index (χ2n) is 4.00. The number of para-hydroxylation sites is 1. The highest BCUT2D eigenvalue weighted by Gasteiger charge is 2.13. The number of carbonyl (C=O) groups is 1. The van der Waals surface area contributed by atoms with Crippen LogP contribution < -0.4 is 14.8 Å². The van der Waals surface area contributed by atoms with Crippen LogP contribution in [0, 0.1) is 0 Å². The van der Waals surface area contributed by atoms with Crippen LogP contribution >= 0.6 is 15.9 Å². The minimum absolute atomic E-state index is 0.239. The molecule has 2 rings (SSSR count). The lowest BCUT2D eigenvalue weighted by Gasteiger charge is -2.11. The zero-order valence-electron chi connectivity index (χ0n) is 11.1. The lowest BCUT2D eigenvalue weighted by Crippen LogP contribution is -2.13. The van der Waals surface area contributed by atoms with E-state index in [-0.39, 0.29) is 5.91 Å².